The smallest absolute Gasteiger partial charge is 0.145 e. The highest BCUT2D eigenvalue weighted by Gasteiger charge is 2.34. The van der Waals surface area contributed by atoms with Crippen LogP contribution in [0.1, 0.15) is 37.3 Å². The number of hydrogen-bond donors (Lipinski definition) is 2. The van der Waals surface area contributed by atoms with Gasteiger partial charge in [0.05, 0.1) is 27.7 Å². The van der Waals surface area contributed by atoms with Crippen LogP contribution in [0.15, 0.2) is 36.8 Å². The zero-order valence-corrected chi connectivity index (χ0v) is 15.4. The number of benzene rings is 1. The lowest BCUT2D eigenvalue weighted by molar-refractivity contribution is 0.303. The number of piperidine rings is 1. The third-order valence-corrected chi connectivity index (χ3v) is 6.01. The van der Waals surface area contributed by atoms with E-state index in [0.29, 0.717) is 28.7 Å². The van der Waals surface area contributed by atoms with E-state index in [4.69, 9.17) is 16.9 Å². The SMILES string of the molecule is N#Cc1ccc(Nc2ncnc3c2ccn3C2CC3CCC(C2)N3)c(Cl)c1. The molecule has 6 nitrogen and oxygen atoms in total. The number of hydrogen-bond acceptors (Lipinski definition) is 5. The standard InChI is InChI=1S/C20H19ClN6/c21-17-7-12(10-22)1-4-18(17)26-19-16-5-6-27(20(16)24-11-23-19)15-8-13-2-3-14(9-15)25-13/h1,4-7,11,13-15,25H,2-3,8-9H2,(H,23,24,26). The Labute approximate surface area is 162 Å². The lowest BCUT2D eigenvalue weighted by Crippen LogP contribution is -2.38. The first-order chi connectivity index (χ1) is 13.2. The number of nitrogens with zero attached hydrogens (tertiary/aromatic N) is 4. The molecule has 0 saturated carbocycles. The van der Waals surface area contributed by atoms with Crippen molar-refractivity contribution in [1.29, 1.82) is 5.26 Å². The van der Waals surface area contributed by atoms with Gasteiger partial charge >= 0.3 is 0 Å². The van der Waals surface area contributed by atoms with Gasteiger partial charge in [0.2, 0.25) is 0 Å². The van der Waals surface area contributed by atoms with Crippen LogP contribution < -0.4 is 10.6 Å². The van der Waals surface area contributed by atoms with Crippen LogP contribution in [0, 0.1) is 11.3 Å². The van der Waals surface area contributed by atoms with Gasteiger partial charge in [0.1, 0.15) is 17.8 Å². The average molecular weight is 379 g/mol. The van der Waals surface area contributed by atoms with Crippen molar-refractivity contribution in [3.05, 3.63) is 47.4 Å². The molecule has 4 heterocycles. The second-order valence-electron chi connectivity index (χ2n) is 7.38. The molecule has 2 atom stereocenters. The molecule has 2 aliphatic heterocycles. The molecule has 2 bridgehead atoms. The number of nitrogens with one attached hydrogen (secondary N) is 2. The Morgan fingerprint density at radius 2 is 2.00 bits per heavy atom. The summed E-state index contributed by atoms with van der Waals surface area (Å²) in [4.78, 5) is 8.97. The molecule has 2 aromatic heterocycles. The van der Waals surface area contributed by atoms with Crippen molar-refractivity contribution in [3.8, 4) is 6.07 Å². The fraction of sp³-hybridized carbons (Fsp3) is 0.350. The topological polar surface area (TPSA) is 78.6 Å². The summed E-state index contributed by atoms with van der Waals surface area (Å²) in [6, 6.07) is 11.1. The minimum absolute atomic E-state index is 0.475. The number of rotatable bonds is 3. The normalized spacial score (nSPS) is 24.1. The van der Waals surface area contributed by atoms with Crippen LogP contribution in [0.25, 0.3) is 11.0 Å². The van der Waals surface area contributed by atoms with Gasteiger partial charge in [-0.3, -0.25) is 0 Å². The first kappa shape index (κ1) is 16.5. The van der Waals surface area contributed by atoms with Gasteiger partial charge in [-0.05, 0) is 49.9 Å². The van der Waals surface area contributed by atoms with Crippen LogP contribution in [0.5, 0.6) is 0 Å². The quantitative estimate of drug-likeness (QED) is 0.715. The Kier molecular flexibility index (Phi) is 4.00. The van der Waals surface area contributed by atoms with Crippen molar-refractivity contribution in [2.75, 3.05) is 5.32 Å². The number of fused-ring (bicyclic) bond motifs is 3. The molecule has 1 aromatic carbocycles. The predicted molar refractivity (Wildman–Crippen MR) is 105 cm³/mol. The zero-order chi connectivity index (χ0) is 18.4. The van der Waals surface area contributed by atoms with E-state index in [-0.39, 0.29) is 0 Å². The minimum Gasteiger partial charge on any atom is -0.338 e. The lowest BCUT2D eigenvalue weighted by atomic mass is 10.00. The van der Waals surface area contributed by atoms with Gasteiger partial charge in [-0.25, -0.2) is 9.97 Å². The Morgan fingerprint density at radius 1 is 1.19 bits per heavy atom. The summed E-state index contributed by atoms with van der Waals surface area (Å²) in [5.74, 6) is 0.724. The van der Waals surface area contributed by atoms with E-state index in [2.05, 4.69) is 43.5 Å². The first-order valence-corrected chi connectivity index (χ1v) is 9.63. The third kappa shape index (κ3) is 2.93. The fourth-order valence-corrected chi connectivity index (χ4v) is 4.66. The molecule has 0 spiro atoms. The summed E-state index contributed by atoms with van der Waals surface area (Å²) in [5.41, 5.74) is 2.21. The molecule has 2 saturated heterocycles. The molecule has 0 aliphatic carbocycles. The molecule has 2 unspecified atom stereocenters. The minimum atomic E-state index is 0.475. The van der Waals surface area contributed by atoms with Gasteiger partial charge in [-0.1, -0.05) is 11.6 Å². The number of anilines is 2. The Bertz CT molecular complexity index is 1040. The summed E-state index contributed by atoms with van der Waals surface area (Å²) < 4.78 is 2.30. The highest BCUT2D eigenvalue weighted by atomic mass is 35.5. The molecule has 0 radical (unpaired) electrons. The maximum Gasteiger partial charge on any atom is 0.145 e. The second-order valence-corrected chi connectivity index (χ2v) is 7.78. The molecular weight excluding hydrogens is 360 g/mol. The van der Waals surface area contributed by atoms with Gasteiger partial charge in [-0.2, -0.15) is 5.26 Å². The van der Waals surface area contributed by atoms with Gasteiger partial charge in [0.15, 0.2) is 0 Å². The van der Waals surface area contributed by atoms with Gasteiger partial charge in [0, 0.05) is 24.3 Å². The van der Waals surface area contributed by atoms with E-state index >= 15 is 0 Å². The van der Waals surface area contributed by atoms with Crippen molar-refractivity contribution in [3.63, 3.8) is 0 Å². The maximum atomic E-state index is 9.00. The monoisotopic (exact) mass is 378 g/mol. The number of nitriles is 1. The summed E-state index contributed by atoms with van der Waals surface area (Å²) >= 11 is 6.31. The van der Waals surface area contributed by atoms with Crippen LogP contribution in [-0.4, -0.2) is 26.6 Å². The highest BCUT2D eigenvalue weighted by Crippen LogP contribution is 2.37. The van der Waals surface area contributed by atoms with Gasteiger partial charge < -0.3 is 15.2 Å². The zero-order valence-electron chi connectivity index (χ0n) is 14.7. The third-order valence-electron chi connectivity index (χ3n) is 5.70. The highest BCUT2D eigenvalue weighted by molar-refractivity contribution is 6.33. The Morgan fingerprint density at radius 3 is 2.74 bits per heavy atom. The summed E-state index contributed by atoms with van der Waals surface area (Å²) in [6.45, 7) is 0. The number of halogens is 1. The Hall–Kier alpha value is -2.62. The van der Waals surface area contributed by atoms with E-state index in [9.17, 15) is 0 Å². The van der Waals surface area contributed by atoms with E-state index in [1.807, 2.05) is 0 Å². The van der Waals surface area contributed by atoms with Crippen molar-refractivity contribution >= 4 is 34.1 Å². The lowest BCUT2D eigenvalue weighted by Gasteiger charge is -2.30. The Balaban J connectivity index is 1.48. The summed E-state index contributed by atoms with van der Waals surface area (Å²) in [5, 5.41) is 17.5. The van der Waals surface area contributed by atoms with Crippen LogP contribution in [-0.2, 0) is 0 Å². The summed E-state index contributed by atoms with van der Waals surface area (Å²) in [7, 11) is 0. The van der Waals surface area contributed by atoms with Crippen molar-refractivity contribution in [2.45, 2.75) is 43.8 Å². The van der Waals surface area contributed by atoms with E-state index in [1.54, 1.807) is 24.5 Å². The second kappa shape index (κ2) is 6.52. The van der Waals surface area contributed by atoms with Crippen molar-refractivity contribution < 1.29 is 0 Å². The molecule has 0 amide bonds. The molecule has 2 N–H and O–H groups in total. The molecule has 136 valence electrons. The van der Waals surface area contributed by atoms with Crippen LogP contribution in [0.3, 0.4) is 0 Å². The molecule has 5 rings (SSSR count). The summed E-state index contributed by atoms with van der Waals surface area (Å²) in [6.07, 6.45) is 8.57. The largest absolute Gasteiger partial charge is 0.338 e. The number of aromatic nitrogens is 3. The first-order valence-electron chi connectivity index (χ1n) is 9.25. The van der Waals surface area contributed by atoms with E-state index < -0.39 is 0 Å². The van der Waals surface area contributed by atoms with Gasteiger partial charge in [-0.15, -0.1) is 0 Å². The molecule has 3 aromatic rings. The van der Waals surface area contributed by atoms with Crippen molar-refractivity contribution in [2.24, 2.45) is 0 Å². The molecular formula is C20H19ClN6. The van der Waals surface area contributed by atoms with Gasteiger partial charge in [0.25, 0.3) is 0 Å². The van der Waals surface area contributed by atoms with E-state index in [0.717, 1.165) is 35.4 Å². The fourth-order valence-electron chi connectivity index (χ4n) is 4.43. The molecule has 27 heavy (non-hydrogen) atoms. The predicted octanol–water partition coefficient (Wildman–Crippen LogP) is 4.16. The maximum absolute atomic E-state index is 9.00. The molecule has 7 heteroatoms. The van der Waals surface area contributed by atoms with Crippen LogP contribution >= 0.6 is 11.6 Å². The van der Waals surface area contributed by atoms with Crippen LogP contribution in [0.2, 0.25) is 5.02 Å². The van der Waals surface area contributed by atoms with Crippen LogP contribution in [0.4, 0.5) is 11.5 Å². The van der Waals surface area contributed by atoms with Crippen molar-refractivity contribution in [1.82, 2.24) is 19.9 Å². The molecule has 2 aliphatic rings. The molecule has 2 fully saturated rings. The average Bonchev–Trinajstić information content (AvgIpc) is 3.27. The van der Waals surface area contributed by atoms with E-state index in [1.165, 1.54) is 12.8 Å².